The predicted molar refractivity (Wildman–Crippen MR) is 455 cm³/mol. The van der Waals surface area contributed by atoms with Crippen molar-refractivity contribution in [3.05, 3.63) is 153 Å². The molecule has 12 heterocycles. The number of carboxylic acid groups (broad SMARTS) is 1. The van der Waals surface area contributed by atoms with Crippen molar-refractivity contribution < 1.29 is 9.90 Å². The number of carboxylic acids is 1. The third kappa shape index (κ3) is 19.1. The monoisotopic (exact) mass is 1530 g/mol. The summed E-state index contributed by atoms with van der Waals surface area (Å²) >= 11 is 23.2. The smallest absolute Gasteiger partial charge is 0.345 e. The molecule has 0 aliphatic carbocycles. The topological polar surface area (TPSA) is 37.3 Å². The maximum atomic E-state index is 12.2. The Hall–Kier alpha value is -4.13. The minimum Gasteiger partial charge on any atom is -0.477 e. The number of rotatable bonds is 42. The summed E-state index contributed by atoms with van der Waals surface area (Å²) in [4.78, 5) is 43.0. The number of thiophene rings is 12. The van der Waals surface area contributed by atoms with Gasteiger partial charge in [-0.3, -0.25) is 0 Å². The molecule has 0 atom stereocenters. The van der Waals surface area contributed by atoms with Gasteiger partial charge in [-0.05, 0) is 225 Å². The van der Waals surface area contributed by atoms with Crippen LogP contribution in [0.2, 0.25) is 0 Å². The summed E-state index contributed by atoms with van der Waals surface area (Å²) in [7, 11) is 0. The van der Waals surface area contributed by atoms with Crippen LogP contribution in [-0.2, 0) is 38.5 Å². The zero-order chi connectivity index (χ0) is 68.5. The van der Waals surface area contributed by atoms with Crippen LogP contribution in [0.15, 0.2) is 115 Å². The molecule has 0 aliphatic rings. The number of unbranched alkanes of at least 4 members (excludes halogenated alkanes) is 18. The van der Waals surface area contributed by atoms with Gasteiger partial charge in [0, 0.05) is 107 Å². The van der Waals surface area contributed by atoms with Gasteiger partial charge in [-0.1, -0.05) is 157 Å². The van der Waals surface area contributed by atoms with Gasteiger partial charge < -0.3 is 5.11 Å². The van der Waals surface area contributed by atoms with Gasteiger partial charge in [0.15, 0.2) is 0 Å². The Morgan fingerprint density at radius 2 is 0.475 bits per heavy atom. The fourth-order valence-electron chi connectivity index (χ4n) is 13.5. The van der Waals surface area contributed by atoms with E-state index in [0.29, 0.717) is 4.88 Å². The SMILES string of the molecule is CCCCCCc1ccsc1-c1ccc(-c2ccc(-c3sc(-c4cc(CCCCCC)c(-c5ccc(-c6ccc(-c7sc(-c8cc(CCCCCC)c(-c9ccc(-c%10ccc(-c%11sc(C(=O)O)cc%11CCCCCC)s%10)s9)s8)cc7CCCCCC)s6)s5)s4)cc3CCCCCC)s2)s1. The van der Waals surface area contributed by atoms with Crippen LogP contribution in [0.4, 0.5) is 0 Å². The fraction of sp³-hybridized carbons (Fsp3) is 0.424. The van der Waals surface area contributed by atoms with Crippen molar-refractivity contribution in [3.8, 4) is 107 Å². The summed E-state index contributed by atoms with van der Waals surface area (Å²) in [5.41, 5.74) is 8.77. The lowest BCUT2D eigenvalue weighted by molar-refractivity contribution is 0.0702. The van der Waals surface area contributed by atoms with Crippen LogP contribution in [0.1, 0.15) is 239 Å². The van der Waals surface area contributed by atoms with Gasteiger partial charge in [-0.2, -0.15) is 0 Å². The Morgan fingerprint density at radius 1 is 0.242 bits per heavy atom. The molecule has 12 rings (SSSR count). The van der Waals surface area contributed by atoms with Crippen molar-refractivity contribution in [1.29, 1.82) is 0 Å². The van der Waals surface area contributed by atoms with E-state index >= 15 is 0 Å². The summed E-state index contributed by atoms with van der Waals surface area (Å²) in [6.45, 7) is 13.8. The number of hydrogen-bond acceptors (Lipinski definition) is 13. The Labute approximate surface area is 639 Å². The van der Waals surface area contributed by atoms with Gasteiger partial charge in [0.2, 0.25) is 0 Å². The maximum absolute atomic E-state index is 12.2. The molecule has 522 valence electrons. The zero-order valence-electron chi connectivity index (χ0n) is 58.9. The molecular weight excluding hydrogens is 1440 g/mol. The molecule has 1 N–H and O–H groups in total. The second kappa shape index (κ2) is 37.5. The molecule has 0 spiro atoms. The lowest BCUT2D eigenvalue weighted by Gasteiger charge is -2.02. The molecule has 12 aromatic heterocycles. The summed E-state index contributed by atoms with van der Waals surface area (Å²) < 4.78 is 0. The van der Waals surface area contributed by atoms with Gasteiger partial charge in [0.05, 0.1) is 0 Å². The van der Waals surface area contributed by atoms with Gasteiger partial charge in [0.25, 0.3) is 0 Å². The minimum absolute atomic E-state index is 0.442. The summed E-state index contributed by atoms with van der Waals surface area (Å²) in [5.74, 6) is -0.827. The molecular formula is C85H98O2S12. The average molecular weight is 1540 g/mol. The minimum atomic E-state index is -0.827. The first-order valence-corrected chi connectivity index (χ1v) is 47.1. The Balaban J connectivity index is 0.809. The highest BCUT2D eigenvalue weighted by Gasteiger charge is 2.25. The highest BCUT2D eigenvalue weighted by Crippen LogP contribution is 2.54. The number of hydrogen-bond donors (Lipinski definition) is 1. The molecule has 0 unspecified atom stereocenters. The van der Waals surface area contributed by atoms with Gasteiger partial charge in [-0.25, -0.2) is 4.79 Å². The fourth-order valence-corrected chi connectivity index (χ4v) is 27.6. The van der Waals surface area contributed by atoms with E-state index in [1.54, 1.807) is 0 Å². The van der Waals surface area contributed by atoms with Crippen molar-refractivity contribution in [2.75, 3.05) is 0 Å². The van der Waals surface area contributed by atoms with E-state index in [9.17, 15) is 9.90 Å². The molecule has 0 saturated carbocycles. The maximum Gasteiger partial charge on any atom is 0.345 e. The molecule has 99 heavy (non-hydrogen) atoms. The highest BCUT2D eigenvalue weighted by atomic mass is 32.1. The predicted octanol–water partition coefficient (Wildman–Crippen LogP) is 33.2. The molecule has 0 bridgehead atoms. The van der Waals surface area contributed by atoms with E-state index in [1.165, 1.54) is 301 Å². The first-order valence-electron chi connectivity index (χ1n) is 37.2. The molecule has 2 nitrogen and oxygen atoms in total. The Bertz CT molecular complexity index is 4450. The van der Waals surface area contributed by atoms with Crippen LogP contribution < -0.4 is 0 Å². The quantitative estimate of drug-likeness (QED) is 0.0387. The van der Waals surface area contributed by atoms with Gasteiger partial charge in [0.1, 0.15) is 4.88 Å². The normalized spacial score (nSPS) is 11.8. The van der Waals surface area contributed by atoms with Crippen molar-refractivity contribution in [1.82, 2.24) is 0 Å². The third-order valence-corrected chi connectivity index (χ3v) is 34.4. The van der Waals surface area contributed by atoms with Crippen LogP contribution in [0.3, 0.4) is 0 Å². The van der Waals surface area contributed by atoms with E-state index in [2.05, 4.69) is 150 Å². The van der Waals surface area contributed by atoms with Crippen LogP contribution in [0.5, 0.6) is 0 Å². The number of carbonyl (C=O) groups is 1. The number of aryl methyl sites for hydroxylation is 6. The molecule has 0 fully saturated rings. The third-order valence-electron chi connectivity index (χ3n) is 19.0. The van der Waals surface area contributed by atoms with Crippen LogP contribution >= 0.6 is 136 Å². The molecule has 0 saturated heterocycles. The van der Waals surface area contributed by atoms with Crippen LogP contribution in [0, 0.1) is 0 Å². The van der Waals surface area contributed by atoms with Crippen molar-refractivity contribution in [2.24, 2.45) is 0 Å². The molecule has 0 aliphatic heterocycles. The van der Waals surface area contributed by atoms with Crippen molar-refractivity contribution >= 4 is 142 Å². The van der Waals surface area contributed by atoms with E-state index in [4.69, 9.17) is 0 Å². The second-order valence-electron chi connectivity index (χ2n) is 26.8. The Kier molecular flexibility index (Phi) is 28.3. The van der Waals surface area contributed by atoms with E-state index in [-0.39, 0.29) is 0 Å². The van der Waals surface area contributed by atoms with E-state index in [1.807, 2.05) is 131 Å². The van der Waals surface area contributed by atoms with Crippen molar-refractivity contribution in [2.45, 2.75) is 234 Å². The Morgan fingerprint density at radius 3 is 0.737 bits per heavy atom. The van der Waals surface area contributed by atoms with Crippen LogP contribution in [-0.4, -0.2) is 11.1 Å². The molecule has 0 amide bonds. The lowest BCUT2D eigenvalue weighted by Crippen LogP contribution is -1.90. The zero-order valence-corrected chi connectivity index (χ0v) is 68.7. The highest BCUT2D eigenvalue weighted by molar-refractivity contribution is 7.33. The second-order valence-corrected chi connectivity index (χ2v) is 39.4. The standard InChI is InChI=1S/C85H98O2S12/c1-7-13-19-25-31-56-49-50-88-79(56)68-43-37-62(89-68)63-38-44-69(90-63)80-57(32-26-20-14-8-2)51-74(95-80)75-52-58(33-27-21-15-9-3)81(96-75)70-45-39-64(91-70)65-40-46-71(92-65)82-59(34-28-22-16-10-4)53-76(97-82)77-54-60(35-29-23-17-11-5)83(98-77)72-47-41-66(93-72)67-42-48-73(94-67)84-61(36-30-24-18-12-6)55-78(99-84)85(86)87/h37-55H,7-36H2,1-6H3,(H,86,87). The lowest BCUT2D eigenvalue weighted by atomic mass is 10.0. The first kappa shape index (κ1) is 74.6. The molecule has 0 aromatic carbocycles. The molecule has 12 aromatic rings. The van der Waals surface area contributed by atoms with Gasteiger partial charge in [-0.15, -0.1) is 136 Å². The van der Waals surface area contributed by atoms with E-state index < -0.39 is 5.97 Å². The van der Waals surface area contributed by atoms with Crippen LogP contribution in [0.25, 0.3) is 107 Å². The van der Waals surface area contributed by atoms with E-state index in [0.717, 1.165) is 43.4 Å². The largest absolute Gasteiger partial charge is 0.477 e. The average Bonchev–Trinajstić information content (AvgIpc) is 1.70. The summed E-state index contributed by atoms with van der Waals surface area (Å²) in [5, 5.41) is 12.3. The summed E-state index contributed by atoms with van der Waals surface area (Å²) in [6, 6.07) is 43.1. The number of aromatic carboxylic acids is 1. The molecule has 14 heteroatoms. The molecule has 0 radical (unpaired) electrons. The summed E-state index contributed by atoms with van der Waals surface area (Å²) in [6.07, 6.45) is 36.6. The van der Waals surface area contributed by atoms with Crippen molar-refractivity contribution in [3.63, 3.8) is 0 Å². The first-order chi connectivity index (χ1) is 48.6. The van der Waals surface area contributed by atoms with Gasteiger partial charge >= 0.3 is 5.97 Å².